The molecule has 68 heavy (non-hydrogen) atoms. The lowest BCUT2D eigenvalue weighted by Gasteiger charge is -2.20. The van der Waals surface area contributed by atoms with Crippen LogP contribution in [0, 0.1) is 0 Å². The normalized spacial score (nSPS) is 12.6. The SMILES string of the molecule is CCCCCCCCCCCCCCCCCCCCCC/C=C/C(O)C(CO)NC(=O)CCCCCCCCCCCCCCCCOC(=O)CCCCCCCCCCCCCCCCC. The van der Waals surface area contributed by atoms with Gasteiger partial charge in [0, 0.05) is 12.8 Å². The Kier molecular flexibility index (Phi) is 57.0. The van der Waals surface area contributed by atoms with Crippen molar-refractivity contribution in [2.24, 2.45) is 0 Å². The molecule has 0 bridgehead atoms. The first-order chi connectivity index (χ1) is 33.5. The number of nitrogens with one attached hydrogen (secondary N) is 1. The molecule has 6 heteroatoms. The zero-order chi connectivity index (χ0) is 49.3. The zero-order valence-electron chi connectivity index (χ0n) is 46.1. The van der Waals surface area contributed by atoms with Crippen LogP contribution in [0.3, 0.4) is 0 Å². The van der Waals surface area contributed by atoms with Crippen LogP contribution in [0.2, 0.25) is 0 Å². The Balaban J connectivity index is 3.45. The maximum absolute atomic E-state index is 12.5. The molecule has 1 amide bonds. The highest BCUT2D eigenvalue weighted by Gasteiger charge is 2.18. The van der Waals surface area contributed by atoms with Crippen molar-refractivity contribution < 1.29 is 24.5 Å². The fourth-order valence-corrected chi connectivity index (χ4v) is 9.81. The van der Waals surface area contributed by atoms with Gasteiger partial charge in [-0.2, -0.15) is 0 Å². The van der Waals surface area contributed by atoms with Crippen molar-refractivity contribution in [1.29, 1.82) is 0 Å². The van der Waals surface area contributed by atoms with Crippen molar-refractivity contribution in [2.45, 2.75) is 360 Å². The summed E-state index contributed by atoms with van der Waals surface area (Å²) in [6.45, 7) is 4.92. The van der Waals surface area contributed by atoms with Gasteiger partial charge in [0.05, 0.1) is 25.4 Å². The lowest BCUT2D eigenvalue weighted by atomic mass is 10.0. The van der Waals surface area contributed by atoms with E-state index in [0.717, 1.165) is 57.8 Å². The van der Waals surface area contributed by atoms with E-state index in [1.165, 1.54) is 263 Å². The van der Waals surface area contributed by atoms with Crippen molar-refractivity contribution in [2.75, 3.05) is 13.2 Å². The summed E-state index contributed by atoms with van der Waals surface area (Å²) in [6.07, 6.45) is 69.6. The van der Waals surface area contributed by atoms with Gasteiger partial charge in [0.25, 0.3) is 0 Å². The van der Waals surface area contributed by atoms with Gasteiger partial charge in [0.15, 0.2) is 0 Å². The Morgan fingerprint density at radius 1 is 0.397 bits per heavy atom. The number of carbonyl (C=O) groups excluding carboxylic acids is 2. The molecule has 0 aromatic carbocycles. The van der Waals surface area contributed by atoms with Crippen LogP contribution in [-0.4, -0.2) is 47.4 Å². The number of hydrogen-bond acceptors (Lipinski definition) is 5. The van der Waals surface area contributed by atoms with E-state index in [4.69, 9.17) is 4.74 Å². The number of unbranched alkanes of at least 4 members (excludes halogenated alkanes) is 47. The van der Waals surface area contributed by atoms with Crippen LogP contribution in [0.15, 0.2) is 12.2 Å². The molecular formula is C62H121NO5. The number of rotatable bonds is 58. The molecule has 2 unspecified atom stereocenters. The topological polar surface area (TPSA) is 95.9 Å². The number of allylic oxidation sites excluding steroid dienone is 1. The fraction of sp³-hybridized carbons (Fsp3) is 0.935. The second-order valence-corrected chi connectivity index (χ2v) is 21.4. The summed E-state index contributed by atoms with van der Waals surface area (Å²) in [5, 5.41) is 23.2. The Labute approximate surface area is 425 Å². The van der Waals surface area contributed by atoms with Gasteiger partial charge in [-0.3, -0.25) is 9.59 Å². The van der Waals surface area contributed by atoms with Crippen LogP contribution < -0.4 is 5.32 Å². The van der Waals surface area contributed by atoms with Crippen LogP contribution in [-0.2, 0) is 14.3 Å². The number of aliphatic hydroxyl groups excluding tert-OH is 2. The summed E-state index contributed by atoms with van der Waals surface area (Å²) in [5.74, 6) is -0.0738. The number of carbonyl (C=O) groups is 2. The molecule has 0 rings (SSSR count). The molecule has 0 aliphatic rings. The molecule has 0 aromatic heterocycles. The maximum Gasteiger partial charge on any atom is 0.305 e. The first-order valence-corrected chi connectivity index (χ1v) is 31.0. The molecule has 0 aromatic rings. The summed E-state index contributed by atoms with van der Waals surface area (Å²) in [6, 6.07) is -0.636. The fourth-order valence-electron chi connectivity index (χ4n) is 9.81. The summed E-state index contributed by atoms with van der Waals surface area (Å²) in [4.78, 5) is 24.6. The Hall–Kier alpha value is -1.40. The van der Waals surface area contributed by atoms with Gasteiger partial charge in [0.2, 0.25) is 5.91 Å². The summed E-state index contributed by atoms with van der Waals surface area (Å²) in [5.41, 5.74) is 0. The largest absolute Gasteiger partial charge is 0.466 e. The van der Waals surface area contributed by atoms with Gasteiger partial charge < -0.3 is 20.3 Å². The number of esters is 1. The second-order valence-electron chi connectivity index (χ2n) is 21.4. The van der Waals surface area contributed by atoms with Crippen LogP contribution in [0.25, 0.3) is 0 Å². The van der Waals surface area contributed by atoms with E-state index in [-0.39, 0.29) is 18.5 Å². The van der Waals surface area contributed by atoms with E-state index in [1.807, 2.05) is 6.08 Å². The second kappa shape index (κ2) is 58.2. The highest BCUT2D eigenvalue weighted by Crippen LogP contribution is 2.18. The molecule has 2 atom stereocenters. The Morgan fingerprint density at radius 3 is 1.00 bits per heavy atom. The first kappa shape index (κ1) is 66.6. The van der Waals surface area contributed by atoms with Crippen molar-refractivity contribution in [3.05, 3.63) is 12.2 Å². The van der Waals surface area contributed by atoms with E-state index >= 15 is 0 Å². The monoisotopic (exact) mass is 960 g/mol. The lowest BCUT2D eigenvalue weighted by molar-refractivity contribution is -0.143. The minimum atomic E-state index is -0.852. The number of aliphatic hydroxyl groups is 2. The predicted octanol–water partition coefficient (Wildman–Crippen LogP) is 19.2. The molecule has 0 aliphatic heterocycles. The smallest absolute Gasteiger partial charge is 0.305 e. The van der Waals surface area contributed by atoms with Gasteiger partial charge in [-0.15, -0.1) is 0 Å². The van der Waals surface area contributed by atoms with Crippen molar-refractivity contribution >= 4 is 11.9 Å². The first-order valence-electron chi connectivity index (χ1n) is 31.0. The predicted molar refractivity (Wildman–Crippen MR) is 297 cm³/mol. The van der Waals surface area contributed by atoms with Gasteiger partial charge in [0.1, 0.15) is 0 Å². The zero-order valence-corrected chi connectivity index (χ0v) is 46.1. The van der Waals surface area contributed by atoms with E-state index in [2.05, 4.69) is 19.2 Å². The average molecular weight is 961 g/mol. The maximum atomic E-state index is 12.5. The molecule has 0 spiro atoms. The van der Waals surface area contributed by atoms with Crippen molar-refractivity contribution in [3.63, 3.8) is 0 Å². The molecule has 404 valence electrons. The molecule has 0 heterocycles. The quantitative estimate of drug-likeness (QED) is 0.0321. The van der Waals surface area contributed by atoms with Crippen LogP contribution in [0.1, 0.15) is 348 Å². The van der Waals surface area contributed by atoms with Gasteiger partial charge in [-0.25, -0.2) is 0 Å². The molecule has 0 saturated carbocycles. The van der Waals surface area contributed by atoms with Crippen molar-refractivity contribution in [3.8, 4) is 0 Å². The minimum Gasteiger partial charge on any atom is -0.466 e. The third-order valence-electron chi connectivity index (χ3n) is 14.6. The Morgan fingerprint density at radius 2 is 0.676 bits per heavy atom. The summed E-state index contributed by atoms with van der Waals surface area (Å²) in [7, 11) is 0. The van der Waals surface area contributed by atoms with Gasteiger partial charge in [-0.1, -0.05) is 315 Å². The number of ether oxygens (including phenoxy) is 1. The molecule has 0 saturated heterocycles. The standard InChI is InChI=1S/C62H121NO5/c1-3-5-7-9-11-13-15-17-19-20-21-22-23-24-25-27-30-34-38-42-46-50-54-60(65)59(58-64)63-61(66)55-51-47-43-39-35-31-28-29-33-37-41-45-49-53-57-68-62(67)56-52-48-44-40-36-32-26-18-16-14-12-10-8-6-4-2/h50,54,59-60,64-65H,3-49,51-53,55-58H2,1-2H3,(H,63,66)/b54-50+. The molecule has 0 fully saturated rings. The Bertz CT molecular complexity index is 1020. The molecular weight excluding hydrogens is 839 g/mol. The molecule has 6 nitrogen and oxygen atoms in total. The van der Waals surface area contributed by atoms with E-state index < -0.39 is 12.1 Å². The highest BCUT2D eigenvalue weighted by molar-refractivity contribution is 5.76. The van der Waals surface area contributed by atoms with Crippen LogP contribution in [0.4, 0.5) is 0 Å². The van der Waals surface area contributed by atoms with Gasteiger partial charge >= 0.3 is 5.97 Å². The van der Waals surface area contributed by atoms with Crippen LogP contribution >= 0.6 is 0 Å². The third kappa shape index (κ3) is 53.9. The third-order valence-corrected chi connectivity index (χ3v) is 14.6. The van der Waals surface area contributed by atoms with E-state index in [9.17, 15) is 19.8 Å². The minimum absolute atomic E-state index is 0.000516. The highest BCUT2D eigenvalue weighted by atomic mass is 16.5. The lowest BCUT2D eigenvalue weighted by Crippen LogP contribution is -2.45. The molecule has 0 aliphatic carbocycles. The summed E-state index contributed by atoms with van der Waals surface area (Å²) < 4.78 is 5.48. The van der Waals surface area contributed by atoms with Gasteiger partial charge in [-0.05, 0) is 32.1 Å². The van der Waals surface area contributed by atoms with Crippen LogP contribution in [0.5, 0.6) is 0 Å². The summed E-state index contributed by atoms with van der Waals surface area (Å²) >= 11 is 0. The number of amides is 1. The molecule has 0 radical (unpaired) electrons. The van der Waals surface area contributed by atoms with E-state index in [1.54, 1.807) is 6.08 Å². The average Bonchev–Trinajstić information content (AvgIpc) is 3.34. The number of hydrogen-bond donors (Lipinski definition) is 3. The molecule has 3 N–H and O–H groups in total. The van der Waals surface area contributed by atoms with Crippen molar-refractivity contribution in [1.82, 2.24) is 5.32 Å². The van der Waals surface area contributed by atoms with E-state index in [0.29, 0.717) is 19.4 Å².